The maximum Gasteiger partial charge on any atom is 0.414 e. The summed E-state index contributed by atoms with van der Waals surface area (Å²) in [5.41, 5.74) is -0.0657. The van der Waals surface area contributed by atoms with Gasteiger partial charge in [0.2, 0.25) is 5.88 Å². The van der Waals surface area contributed by atoms with Gasteiger partial charge in [-0.1, -0.05) is 0 Å². The van der Waals surface area contributed by atoms with Gasteiger partial charge in [-0.25, -0.2) is 9.59 Å². The lowest BCUT2D eigenvalue weighted by Crippen LogP contribution is -2.38. The normalized spacial score (nSPS) is 16.0. The molecule has 2 aliphatic rings. The number of nitrogens with one attached hydrogen (secondary N) is 1. The second kappa shape index (κ2) is 19.4. The van der Waals surface area contributed by atoms with E-state index in [9.17, 15) is 4.79 Å². The third-order valence-electron chi connectivity index (χ3n) is 6.03. The quantitative estimate of drug-likeness (QED) is 0.315. The molecule has 14 nitrogen and oxygen atoms in total. The standard InChI is InChI=1S/C13H23N3O2.C7H12N2O.C6H12ClNO.C2H2O4/c1-13(2,3)16-5-4-12(14-16)18-11-8-15-6-9-17-10-7-15;1-7(2,3)9-5-4-6(10)8-9;7-1-2-8-3-5-9-6-4-8;3-1(4)2(5)6/h4-5H,6-11H2,1-3H3;4-5H,1-3H3,(H,8,10);1-6H2;(H,3,4)(H,5,6). The van der Waals surface area contributed by atoms with Crippen LogP contribution in [0.4, 0.5) is 0 Å². The first-order valence-corrected chi connectivity index (χ1v) is 14.8. The predicted molar refractivity (Wildman–Crippen MR) is 163 cm³/mol. The lowest BCUT2D eigenvalue weighted by Gasteiger charge is -2.26. The first-order chi connectivity index (χ1) is 20.1. The average molecular weight is 633 g/mol. The highest BCUT2D eigenvalue weighted by Crippen LogP contribution is 2.16. The fourth-order valence-corrected chi connectivity index (χ4v) is 3.77. The van der Waals surface area contributed by atoms with E-state index in [0.717, 1.165) is 71.6 Å². The Morgan fingerprint density at radius 1 is 0.884 bits per heavy atom. The smallest absolute Gasteiger partial charge is 0.414 e. The molecule has 2 saturated heterocycles. The number of aromatic nitrogens is 4. The monoisotopic (exact) mass is 632 g/mol. The van der Waals surface area contributed by atoms with Crippen LogP contribution in [0, 0.1) is 0 Å². The van der Waals surface area contributed by atoms with Crippen LogP contribution in [0.2, 0.25) is 0 Å². The van der Waals surface area contributed by atoms with Gasteiger partial charge in [-0.2, -0.15) is 0 Å². The molecule has 2 fully saturated rings. The molecule has 0 radical (unpaired) electrons. The maximum absolute atomic E-state index is 10.7. The van der Waals surface area contributed by atoms with Crippen LogP contribution in [0.1, 0.15) is 41.5 Å². The molecule has 2 aliphatic heterocycles. The molecule has 4 heterocycles. The summed E-state index contributed by atoms with van der Waals surface area (Å²) in [4.78, 5) is 33.5. The highest BCUT2D eigenvalue weighted by Gasteiger charge is 2.15. The van der Waals surface area contributed by atoms with Crippen LogP contribution in [0.25, 0.3) is 0 Å². The molecule has 0 aliphatic carbocycles. The number of carbonyl (C=O) groups is 2. The van der Waals surface area contributed by atoms with Crippen molar-refractivity contribution < 1.29 is 34.0 Å². The third kappa shape index (κ3) is 17.1. The van der Waals surface area contributed by atoms with Crippen molar-refractivity contribution in [3.8, 4) is 5.88 Å². The number of aliphatic carboxylic acids is 2. The van der Waals surface area contributed by atoms with Gasteiger partial charge in [0.25, 0.3) is 5.56 Å². The summed E-state index contributed by atoms with van der Waals surface area (Å²) >= 11 is 5.55. The summed E-state index contributed by atoms with van der Waals surface area (Å²) in [6.45, 7) is 22.6. The number of morpholine rings is 2. The van der Waals surface area contributed by atoms with E-state index in [4.69, 9.17) is 45.6 Å². The molecular weight excluding hydrogens is 584 g/mol. The Labute approximate surface area is 258 Å². The number of nitrogens with zero attached hydrogens (tertiary/aromatic N) is 5. The second-order valence-corrected chi connectivity index (χ2v) is 12.0. The van der Waals surface area contributed by atoms with Crippen molar-refractivity contribution in [3.63, 3.8) is 0 Å². The fraction of sp³-hybridized carbons (Fsp3) is 0.714. The van der Waals surface area contributed by atoms with Crippen molar-refractivity contribution in [2.24, 2.45) is 0 Å². The van der Waals surface area contributed by atoms with E-state index >= 15 is 0 Å². The highest BCUT2D eigenvalue weighted by atomic mass is 35.5. The number of alkyl halides is 1. The summed E-state index contributed by atoms with van der Waals surface area (Å²) in [5.74, 6) is -2.21. The molecule has 0 unspecified atom stereocenters. The Hall–Kier alpha value is -2.91. The van der Waals surface area contributed by atoms with E-state index in [2.05, 4.69) is 40.8 Å². The van der Waals surface area contributed by atoms with Crippen molar-refractivity contribution >= 4 is 23.5 Å². The summed E-state index contributed by atoms with van der Waals surface area (Å²) in [7, 11) is 0. The first kappa shape index (κ1) is 38.1. The Morgan fingerprint density at radius 3 is 1.74 bits per heavy atom. The largest absolute Gasteiger partial charge is 0.475 e. The minimum absolute atomic E-state index is 0.00577. The Balaban J connectivity index is 0.000000315. The average Bonchev–Trinajstić information content (AvgIpc) is 3.61. The third-order valence-corrected chi connectivity index (χ3v) is 6.20. The second-order valence-electron chi connectivity index (χ2n) is 11.7. The van der Waals surface area contributed by atoms with Crippen molar-refractivity contribution in [2.75, 3.05) is 78.2 Å². The van der Waals surface area contributed by atoms with Crippen LogP contribution >= 0.6 is 11.6 Å². The summed E-state index contributed by atoms with van der Waals surface area (Å²) in [6, 6.07) is 3.44. The molecule has 3 N–H and O–H groups in total. The van der Waals surface area contributed by atoms with Gasteiger partial charge >= 0.3 is 11.9 Å². The van der Waals surface area contributed by atoms with Crippen molar-refractivity contribution in [3.05, 3.63) is 34.9 Å². The van der Waals surface area contributed by atoms with Crippen molar-refractivity contribution in [1.82, 2.24) is 29.4 Å². The molecule has 15 heteroatoms. The van der Waals surface area contributed by atoms with Gasteiger partial charge in [-0.3, -0.25) is 29.1 Å². The van der Waals surface area contributed by atoms with E-state index in [1.165, 1.54) is 6.07 Å². The molecule has 2 aromatic rings. The predicted octanol–water partition coefficient (Wildman–Crippen LogP) is 1.99. The van der Waals surface area contributed by atoms with Crippen LogP contribution in [0.5, 0.6) is 5.88 Å². The SMILES string of the molecule is CC(C)(C)n1ccc(=O)[nH]1.CC(C)(C)n1ccc(OCCN2CCOCC2)n1.ClCCN1CCOCC1.O=C(O)C(=O)O. The van der Waals surface area contributed by atoms with E-state index < -0.39 is 11.9 Å². The number of carboxylic acid groups (broad SMARTS) is 2. The van der Waals surface area contributed by atoms with Gasteiger partial charge < -0.3 is 24.4 Å². The molecule has 0 spiro atoms. The molecule has 2 aromatic heterocycles. The van der Waals surface area contributed by atoms with Gasteiger partial charge in [-0.15, -0.1) is 16.7 Å². The van der Waals surface area contributed by atoms with E-state index in [1.54, 1.807) is 10.9 Å². The lowest BCUT2D eigenvalue weighted by molar-refractivity contribution is -0.159. The number of carboxylic acids is 2. The van der Waals surface area contributed by atoms with Crippen LogP contribution < -0.4 is 10.3 Å². The van der Waals surface area contributed by atoms with Gasteiger partial charge in [-0.05, 0) is 41.5 Å². The highest BCUT2D eigenvalue weighted by molar-refractivity contribution is 6.27. The number of hydrogen-bond acceptors (Lipinski definition) is 9. The molecule has 4 rings (SSSR count). The fourth-order valence-electron chi connectivity index (χ4n) is 3.53. The minimum atomic E-state index is -1.82. The number of hydrogen-bond donors (Lipinski definition) is 3. The molecule has 0 bridgehead atoms. The number of ether oxygens (including phenoxy) is 3. The van der Waals surface area contributed by atoms with Crippen LogP contribution in [0.15, 0.2) is 29.3 Å². The van der Waals surface area contributed by atoms with Gasteiger partial charge in [0, 0.05) is 69.7 Å². The maximum atomic E-state index is 10.7. The summed E-state index contributed by atoms with van der Waals surface area (Å²) < 4.78 is 19.9. The van der Waals surface area contributed by atoms with Gasteiger partial charge in [0.15, 0.2) is 0 Å². The number of halogens is 1. The molecule has 0 atom stereocenters. The van der Waals surface area contributed by atoms with E-state index in [-0.39, 0.29) is 16.6 Å². The summed E-state index contributed by atoms with van der Waals surface area (Å²) in [6.07, 6.45) is 3.71. The van der Waals surface area contributed by atoms with Gasteiger partial charge in [0.1, 0.15) is 6.61 Å². The Bertz CT molecular complexity index is 1090. The molecule has 246 valence electrons. The topological polar surface area (TPSA) is 164 Å². The lowest BCUT2D eigenvalue weighted by atomic mass is 10.1. The summed E-state index contributed by atoms with van der Waals surface area (Å²) in [5, 5.41) is 21.9. The molecule has 0 amide bonds. The van der Waals surface area contributed by atoms with Crippen molar-refractivity contribution in [1.29, 1.82) is 0 Å². The zero-order valence-corrected chi connectivity index (χ0v) is 27.0. The van der Waals surface area contributed by atoms with E-state index in [0.29, 0.717) is 12.5 Å². The number of rotatable bonds is 6. The number of aromatic amines is 1. The van der Waals surface area contributed by atoms with Crippen LogP contribution in [0.3, 0.4) is 0 Å². The van der Waals surface area contributed by atoms with Crippen molar-refractivity contribution in [2.45, 2.75) is 52.6 Å². The van der Waals surface area contributed by atoms with E-state index in [1.807, 2.05) is 37.7 Å². The molecule has 43 heavy (non-hydrogen) atoms. The zero-order chi connectivity index (χ0) is 32.5. The Kier molecular flexibility index (Phi) is 17.2. The Morgan fingerprint density at radius 2 is 1.40 bits per heavy atom. The minimum Gasteiger partial charge on any atom is -0.475 e. The number of H-pyrrole nitrogens is 1. The molecular formula is C28H49ClN6O8. The first-order valence-electron chi connectivity index (χ1n) is 14.2. The molecule has 0 aromatic carbocycles. The zero-order valence-electron chi connectivity index (χ0n) is 26.3. The van der Waals surface area contributed by atoms with Crippen LogP contribution in [-0.4, -0.2) is 130 Å². The molecule has 0 saturated carbocycles. The van der Waals surface area contributed by atoms with Gasteiger partial charge in [0.05, 0.1) is 37.5 Å². The van der Waals surface area contributed by atoms with Crippen LogP contribution in [-0.2, 0) is 30.1 Å².